The zero-order valence-corrected chi connectivity index (χ0v) is 6.31. The van der Waals surface area contributed by atoms with E-state index in [0.717, 1.165) is 13.1 Å². The predicted octanol–water partition coefficient (Wildman–Crippen LogP) is 0.461. The molecule has 0 aliphatic rings. The van der Waals surface area contributed by atoms with E-state index in [1.54, 1.807) is 14.2 Å². The van der Waals surface area contributed by atoms with Crippen molar-refractivity contribution >= 4 is 0 Å². The Kier molecular flexibility index (Phi) is 5.93. The van der Waals surface area contributed by atoms with E-state index in [4.69, 9.17) is 9.47 Å². The van der Waals surface area contributed by atoms with Gasteiger partial charge < -0.3 is 14.8 Å². The SMILES string of the molecule is CCNCC(OC)OC.[HH]. The van der Waals surface area contributed by atoms with Crippen LogP contribution in [0.15, 0.2) is 0 Å². The fourth-order valence-corrected chi connectivity index (χ4v) is 0.525. The van der Waals surface area contributed by atoms with Crippen molar-refractivity contribution in [3.63, 3.8) is 0 Å². The molecule has 0 amide bonds. The van der Waals surface area contributed by atoms with Crippen molar-refractivity contribution in [2.45, 2.75) is 13.2 Å². The Morgan fingerprint density at radius 3 is 2.33 bits per heavy atom. The average Bonchev–Trinajstić information content (AvgIpc) is 1.91. The van der Waals surface area contributed by atoms with Crippen molar-refractivity contribution in [1.29, 1.82) is 0 Å². The van der Waals surface area contributed by atoms with Crippen molar-refractivity contribution in [2.24, 2.45) is 0 Å². The molecule has 0 aromatic rings. The van der Waals surface area contributed by atoms with Crippen LogP contribution in [0.5, 0.6) is 0 Å². The van der Waals surface area contributed by atoms with Crippen LogP contribution < -0.4 is 5.32 Å². The standard InChI is InChI=1S/C6H15NO2.H2/c1-4-7-5-6(8-2)9-3;/h6-7H,4-5H2,1-3H3;1H. The summed E-state index contributed by atoms with van der Waals surface area (Å²) in [6.07, 6.45) is -0.107. The Hall–Kier alpha value is -0.120. The molecule has 0 aromatic heterocycles. The van der Waals surface area contributed by atoms with Crippen molar-refractivity contribution in [3.8, 4) is 0 Å². The number of hydrogen-bond acceptors (Lipinski definition) is 3. The van der Waals surface area contributed by atoms with Gasteiger partial charge in [-0.15, -0.1) is 0 Å². The molecule has 0 saturated heterocycles. The summed E-state index contributed by atoms with van der Waals surface area (Å²) in [4.78, 5) is 0. The van der Waals surface area contributed by atoms with Crippen LogP contribution in [0.4, 0.5) is 0 Å². The molecule has 0 atom stereocenters. The van der Waals surface area contributed by atoms with Crippen LogP contribution in [0.3, 0.4) is 0 Å². The molecular weight excluding hydrogens is 118 g/mol. The Morgan fingerprint density at radius 1 is 1.44 bits per heavy atom. The van der Waals surface area contributed by atoms with Crippen LogP contribution in [0.2, 0.25) is 0 Å². The minimum atomic E-state index is -0.107. The second-order valence-corrected chi connectivity index (χ2v) is 1.71. The number of rotatable bonds is 5. The summed E-state index contributed by atoms with van der Waals surface area (Å²) in [5.74, 6) is 0. The minimum absolute atomic E-state index is 0. The van der Waals surface area contributed by atoms with Gasteiger partial charge in [0.05, 0.1) is 0 Å². The summed E-state index contributed by atoms with van der Waals surface area (Å²) < 4.78 is 9.83. The second kappa shape index (κ2) is 6.01. The van der Waals surface area contributed by atoms with Gasteiger partial charge in [0, 0.05) is 22.2 Å². The highest BCUT2D eigenvalue weighted by atomic mass is 16.7. The first-order valence-corrected chi connectivity index (χ1v) is 3.11. The first kappa shape index (κ1) is 8.88. The van der Waals surface area contributed by atoms with Gasteiger partial charge in [-0.1, -0.05) is 6.92 Å². The molecule has 0 rings (SSSR count). The Morgan fingerprint density at radius 2 is 2.00 bits per heavy atom. The third kappa shape index (κ3) is 4.39. The first-order chi connectivity index (χ1) is 4.35. The summed E-state index contributed by atoms with van der Waals surface area (Å²) in [6.45, 7) is 3.75. The van der Waals surface area contributed by atoms with Crippen LogP contribution >= 0.6 is 0 Å². The molecular formula is C6H17NO2. The number of nitrogens with one attached hydrogen (secondary N) is 1. The van der Waals surface area contributed by atoms with Gasteiger partial charge in [-0.3, -0.25) is 0 Å². The van der Waals surface area contributed by atoms with Crippen LogP contribution in [-0.2, 0) is 9.47 Å². The molecule has 0 heterocycles. The minimum Gasteiger partial charge on any atom is -0.355 e. The van der Waals surface area contributed by atoms with E-state index in [9.17, 15) is 0 Å². The lowest BCUT2D eigenvalue weighted by molar-refractivity contribution is -0.0984. The maximum Gasteiger partial charge on any atom is 0.169 e. The molecule has 58 valence electrons. The Labute approximate surface area is 57.8 Å². The van der Waals surface area contributed by atoms with E-state index in [-0.39, 0.29) is 7.72 Å². The molecule has 0 radical (unpaired) electrons. The first-order valence-electron chi connectivity index (χ1n) is 3.11. The summed E-state index contributed by atoms with van der Waals surface area (Å²) in [6, 6.07) is 0. The smallest absolute Gasteiger partial charge is 0.169 e. The monoisotopic (exact) mass is 135 g/mol. The molecule has 0 spiro atoms. The summed E-state index contributed by atoms with van der Waals surface area (Å²) >= 11 is 0. The molecule has 0 fully saturated rings. The number of ether oxygens (including phenoxy) is 2. The predicted molar refractivity (Wildman–Crippen MR) is 38.5 cm³/mol. The van der Waals surface area contributed by atoms with Gasteiger partial charge in [-0.2, -0.15) is 0 Å². The normalized spacial score (nSPS) is 10.7. The third-order valence-electron chi connectivity index (χ3n) is 1.09. The van der Waals surface area contributed by atoms with Gasteiger partial charge in [0.1, 0.15) is 0 Å². The fraction of sp³-hybridized carbons (Fsp3) is 1.00. The van der Waals surface area contributed by atoms with E-state index < -0.39 is 0 Å². The largest absolute Gasteiger partial charge is 0.355 e. The Bertz CT molecular complexity index is 59.7. The molecule has 3 nitrogen and oxygen atoms in total. The lowest BCUT2D eigenvalue weighted by Gasteiger charge is -2.12. The lowest BCUT2D eigenvalue weighted by atomic mass is 10.6. The van der Waals surface area contributed by atoms with Crippen molar-refractivity contribution < 1.29 is 10.9 Å². The Balaban J connectivity index is 0. The van der Waals surface area contributed by atoms with E-state index in [1.807, 2.05) is 6.92 Å². The quantitative estimate of drug-likeness (QED) is 0.555. The second-order valence-electron chi connectivity index (χ2n) is 1.71. The van der Waals surface area contributed by atoms with Gasteiger partial charge in [0.2, 0.25) is 0 Å². The van der Waals surface area contributed by atoms with Crippen molar-refractivity contribution in [3.05, 3.63) is 0 Å². The van der Waals surface area contributed by atoms with E-state index in [0.29, 0.717) is 0 Å². The van der Waals surface area contributed by atoms with Crippen LogP contribution in [0.1, 0.15) is 8.35 Å². The molecule has 0 unspecified atom stereocenters. The van der Waals surface area contributed by atoms with Gasteiger partial charge >= 0.3 is 0 Å². The van der Waals surface area contributed by atoms with Gasteiger partial charge in [-0.05, 0) is 6.54 Å². The van der Waals surface area contributed by atoms with Gasteiger partial charge in [0.15, 0.2) is 6.29 Å². The highest BCUT2D eigenvalue weighted by molar-refractivity contribution is 4.45. The summed E-state index contributed by atoms with van der Waals surface area (Å²) in [5, 5.41) is 3.10. The van der Waals surface area contributed by atoms with Gasteiger partial charge in [-0.25, -0.2) is 0 Å². The summed E-state index contributed by atoms with van der Waals surface area (Å²) in [5.41, 5.74) is 0. The molecule has 0 bridgehead atoms. The molecule has 0 aliphatic carbocycles. The molecule has 3 heteroatoms. The number of hydrogen-bond donors (Lipinski definition) is 1. The van der Waals surface area contributed by atoms with Crippen LogP contribution in [0.25, 0.3) is 0 Å². The van der Waals surface area contributed by atoms with Gasteiger partial charge in [0.25, 0.3) is 0 Å². The highest BCUT2D eigenvalue weighted by Crippen LogP contribution is 1.85. The van der Waals surface area contributed by atoms with E-state index in [1.165, 1.54) is 0 Å². The zero-order valence-electron chi connectivity index (χ0n) is 6.31. The zero-order chi connectivity index (χ0) is 7.11. The molecule has 9 heavy (non-hydrogen) atoms. The highest BCUT2D eigenvalue weighted by Gasteiger charge is 2.00. The summed E-state index contributed by atoms with van der Waals surface area (Å²) in [7, 11) is 3.26. The molecule has 1 N–H and O–H groups in total. The van der Waals surface area contributed by atoms with Crippen molar-refractivity contribution in [1.82, 2.24) is 5.32 Å². The van der Waals surface area contributed by atoms with E-state index in [2.05, 4.69) is 5.32 Å². The average molecular weight is 135 g/mol. The topological polar surface area (TPSA) is 30.5 Å². The molecule has 0 aromatic carbocycles. The fourth-order valence-electron chi connectivity index (χ4n) is 0.525. The lowest BCUT2D eigenvalue weighted by Crippen LogP contribution is -2.29. The molecule has 0 saturated carbocycles. The van der Waals surface area contributed by atoms with Crippen LogP contribution in [-0.4, -0.2) is 33.6 Å². The third-order valence-corrected chi connectivity index (χ3v) is 1.09. The number of methoxy groups -OCH3 is 2. The van der Waals surface area contributed by atoms with Crippen LogP contribution in [0, 0.1) is 0 Å². The van der Waals surface area contributed by atoms with Crippen molar-refractivity contribution in [2.75, 3.05) is 27.3 Å². The van der Waals surface area contributed by atoms with E-state index >= 15 is 0 Å². The molecule has 0 aliphatic heterocycles. The maximum atomic E-state index is 4.92. The maximum absolute atomic E-state index is 4.92. The number of likely N-dealkylation sites (N-methyl/N-ethyl adjacent to an activating group) is 1.